The standard InChI is InChI=1S/C13H25N5O2.HI/c1-2-4-15-12(19)11-17-13(14)16-5-3-6-18-7-9-20-10-8-18;/h2H,1,3-11H2,(H,15,19)(H3,14,16,17);1H. The van der Waals surface area contributed by atoms with Gasteiger partial charge >= 0.3 is 0 Å². The number of hydrogen-bond donors (Lipinski definition) is 3. The first-order chi connectivity index (χ1) is 9.72. The highest BCUT2D eigenvalue weighted by Gasteiger charge is 2.08. The van der Waals surface area contributed by atoms with Crippen LogP contribution in [0.4, 0.5) is 0 Å². The number of nitrogens with two attached hydrogens (primary N) is 1. The predicted molar refractivity (Wildman–Crippen MR) is 95.0 cm³/mol. The molecule has 1 amide bonds. The molecule has 8 heteroatoms. The maximum Gasteiger partial charge on any atom is 0.242 e. The van der Waals surface area contributed by atoms with Gasteiger partial charge in [0.05, 0.1) is 13.2 Å². The van der Waals surface area contributed by atoms with E-state index in [9.17, 15) is 4.79 Å². The molecular weight excluding hydrogens is 385 g/mol. The lowest BCUT2D eigenvalue weighted by Crippen LogP contribution is -2.39. The molecule has 4 N–H and O–H groups in total. The molecular formula is C13H26IN5O2. The quantitative estimate of drug-likeness (QED) is 0.165. The van der Waals surface area contributed by atoms with Crippen LogP contribution in [-0.4, -0.2) is 69.2 Å². The van der Waals surface area contributed by atoms with Crippen LogP contribution in [0.25, 0.3) is 0 Å². The Morgan fingerprint density at radius 1 is 1.38 bits per heavy atom. The van der Waals surface area contributed by atoms with Crippen molar-refractivity contribution >= 4 is 35.8 Å². The minimum Gasteiger partial charge on any atom is -0.379 e. The van der Waals surface area contributed by atoms with Crippen molar-refractivity contribution in [1.82, 2.24) is 15.5 Å². The normalized spacial score (nSPS) is 15.9. The fraction of sp³-hybridized carbons (Fsp3) is 0.692. The Labute approximate surface area is 143 Å². The van der Waals surface area contributed by atoms with Gasteiger partial charge in [0.25, 0.3) is 0 Å². The van der Waals surface area contributed by atoms with Gasteiger partial charge in [0.2, 0.25) is 5.91 Å². The molecule has 1 saturated heterocycles. The summed E-state index contributed by atoms with van der Waals surface area (Å²) in [5, 5.41) is 5.64. The molecule has 21 heavy (non-hydrogen) atoms. The molecule has 0 aromatic heterocycles. The van der Waals surface area contributed by atoms with Crippen molar-refractivity contribution in [2.75, 3.05) is 52.5 Å². The molecule has 0 radical (unpaired) electrons. The third kappa shape index (κ3) is 10.5. The summed E-state index contributed by atoms with van der Waals surface area (Å²) in [5.74, 6) is 0.142. The first kappa shape index (κ1) is 20.1. The van der Waals surface area contributed by atoms with Crippen LogP contribution in [0.2, 0.25) is 0 Å². The minimum atomic E-state index is -0.164. The average Bonchev–Trinajstić information content (AvgIpc) is 2.48. The number of carbonyl (C=O) groups is 1. The molecule has 122 valence electrons. The van der Waals surface area contributed by atoms with E-state index in [1.54, 1.807) is 6.08 Å². The summed E-state index contributed by atoms with van der Waals surface area (Å²) < 4.78 is 5.29. The van der Waals surface area contributed by atoms with Gasteiger partial charge in [0.15, 0.2) is 5.96 Å². The molecule has 0 aliphatic carbocycles. The van der Waals surface area contributed by atoms with E-state index in [1.807, 2.05) is 0 Å². The van der Waals surface area contributed by atoms with Crippen molar-refractivity contribution in [1.29, 1.82) is 0 Å². The van der Waals surface area contributed by atoms with Gasteiger partial charge in [-0.2, -0.15) is 0 Å². The minimum absolute atomic E-state index is 0. The molecule has 1 aliphatic rings. The van der Waals surface area contributed by atoms with Crippen LogP contribution in [-0.2, 0) is 9.53 Å². The van der Waals surface area contributed by atoms with Gasteiger partial charge in [0.1, 0.15) is 6.54 Å². The second-order valence-electron chi connectivity index (χ2n) is 4.53. The van der Waals surface area contributed by atoms with Crippen LogP contribution in [0.1, 0.15) is 6.42 Å². The molecule has 1 aliphatic heterocycles. The smallest absolute Gasteiger partial charge is 0.242 e. The lowest BCUT2D eigenvalue weighted by Gasteiger charge is -2.26. The van der Waals surface area contributed by atoms with Gasteiger partial charge in [-0.05, 0) is 13.0 Å². The van der Waals surface area contributed by atoms with Crippen molar-refractivity contribution in [2.24, 2.45) is 10.7 Å². The summed E-state index contributed by atoms with van der Waals surface area (Å²) in [6, 6.07) is 0. The molecule has 0 spiro atoms. The summed E-state index contributed by atoms with van der Waals surface area (Å²) in [4.78, 5) is 17.6. The van der Waals surface area contributed by atoms with Gasteiger partial charge in [-0.15, -0.1) is 30.6 Å². The van der Waals surface area contributed by atoms with E-state index in [0.717, 1.165) is 45.8 Å². The summed E-state index contributed by atoms with van der Waals surface area (Å²) in [6.07, 6.45) is 2.60. The van der Waals surface area contributed by atoms with Crippen LogP contribution >= 0.6 is 24.0 Å². The maximum atomic E-state index is 11.3. The summed E-state index contributed by atoms with van der Waals surface area (Å²) in [7, 11) is 0. The third-order valence-electron chi connectivity index (χ3n) is 2.90. The Morgan fingerprint density at radius 2 is 2.10 bits per heavy atom. The number of morpholine rings is 1. The van der Waals surface area contributed by atoms with Gasteiger partial charge in [0, 0.05) is 26.2 Å². The number of ether oxygens (including phenoxy) is 1. The predicted octanol–water partition coefficient (Wildman–Crippen LogP) is -0.467. The largest absolute Gasteiger partial charge is 0.379 e. The highest BCUT2D eigenvalue weighted by atomic mass is 127. The summed E-state index contributed by atoms with van der Waals surface area (Å²) in [6.45, 7) is 9.39. The number of halogens is 1. The van der Waals surface area contributed by atoms with Crippen LogP contribution in [0.15, 0.2) is 17.6 Å². The monoisotopic (exact) mass is 411 g/mol. The van der Waals surface area contributed by atoms with E-state index < -0.39 is 0 Å². The van der Waals surface area contributed by atoms with E-state index in [4.69, 9.17) is 10.5 Å². The number of amides is 1. The Hall–Kier alpha value is -0.870. The number of nitrogens with zero attached hydrogens (tertiary/aromatic N) is 2. The average molecular weight is 411 g/mol. The highest BCUT2D eigenvalue weighted by molar-refractivity contribution is 14.0. The van der Waals surface area contributed by atoms with Crippen LogP contribution < -0.4 is 16.4 Å². The van der Waals surface area contributed by atoms with Crippen molar-refractivity contribution in [3.8, 4) is 0 Å². The van der Waals surface area contributed by atoms with E-state index >= 15 is 0 Å². The molecule has 0 saturated carbocycles. The molecule has 0 aromatic rings. The molecule has 0 atom stereocenters. The van der Waals surface area contributed by atoms with Gasteiger partial charge in [-0.3, -0.25) is 9.69 Å². The Bertz CT molecular complexity index is 333. The SMILES string of the molecule is C=CCNC(=O)CN=C(N)NCCCN1CCOCC1.I. The lowest BCUT2D eigenvalue weighted by atomic mass is 10.3. The van der Waals surface area contributed by atoms with Crippen molar-refractivity contribution in [3.63, 3.8) is 0 Å². The topological polar surface area (TPSA) is 92.0 Å². The second kappa shape index (κ2) is 12.8. The summed E-state index contributed by atoms with van der Waals surface area (Å²) in [5.41, 5.74) is 5.68. The van der Waals surface area contributed by atoms with Crippen molar-refractivity contribution in [2.45, 2.75) is 6.42 Å². The fourth-order valence-corrected chi connectivity index (χ4v) is 1.80. The zero-order valence-corrected chi connectivity index (χ0v) is 14.7. The van der Waals surface area contributed by atoms with E-state index in [2.05, 4.69) is 27.1 Å². The lowest BCUT2D eigenvalue weighted by molar-refractivity contribution is -0.119. The van der Waals surface area contributed by atoms with Crippen molar-refractivity contribution < 1.29 is 9.53 Å². The van der Waals surface area contributed by atoms with Crippen LogP contribution in [0, 0.1) is 0 Å². The Morgan fingerprint density at radius 3 is 2.76 bits per heavy atom. The first-order valence-electron chi connectivity index (χ1n) is 6.94. The van der Waals surface area contributed by atoms with E-state index in [1.165, 1.54) is 0 Å². The molecule has 1 rings (SSSR count). The van der Waals surface area contributed by atoms with E-state index in [0.29, 0.717) is 12.5 Å². The molecule has 0 unspecified atom stereocenters. The maximum absolute atomic E-state index is 11.3. The van der Waals surface area contributed by atoms with Gasteiger partial charge < -0.3 is 21.1 Å². The molecule has 7 nitrogen and oxygen atoms in total. The van der Waals surface area contributed by atoms with Gasteiger partial charge in [-0.1, -0.05) is 6.08 Å². The molecule has 0 aromatic carbocycles. The van der Waals surface area contributed by atoms with E-state index in [-0.39, 0.29) is 36.4 Å². The number of rotatable bonds is 8. The van der Waals surface area contributed by atoms with Crippen LogP contribution in [0.3, 0.4) is 0 Å². The molecule has 0 bridgehead atoms. The Kier molecular flexibility index (Phi) is 12.3. The third-order valence-corrected chi connectivity index (χ3v) is 2.90. The Balaban J connectivity index is 0.00000400. The molecule has 1 fully saturated rings. The number of hydrogen-bond acceptors (Lipinski definition) is 4. The first-order valence-corrected chi connectivity index (χ1v) is 6.94. The van der Waals surface area contributed by atoms with Crippen LogP contribution in [0.5, 0.6) is 0 Å². The number of carbonyl (C=O) groups excluding carboxylic acids is 1. The van der Waals surface area contributed by atoms with Crippen molar-refractivity contribution in [3.05, 3.63) is 12.7 Å². The second-order valence-corrected chi connectivity index (χ2v) is 4.53. The zero-order valence-electron chi connectivity index (χ0n) is 12.3. The van der Waals surface area contributed by atoms with Gasteiger partial charge in [-0.25, -0.2) is 4.99 Å². The highest BCUT2D eigenvalue weighted by Crippen LogP contribution is 1.97. The number of guanidine groups is 1. The number of aliphatic imine (C=N–C) groups is 1. The number of nitrogens with one attached hydrogen (secondary N) is 2. The molecule has 1 heterocycles. The fourth-order valence-electron chi connectivity index (χ4n) is 1.80. The summed E-state index contributed by atoms with van der Waals surface area (Å²) >= 11 is 0. The zero-order chi connectivity index (χ0) is 14.6.